The molecule has 7 heteroatoms. The monoisotopic (exact) mass is 422 g/mol. The Balaban J connectivity index is 1.70. The molecule has 1 saturated carbocycles. The second-order valence-electron chi connectivity index (χ2n) is 9.10. The van der Waals surface area contributed by atoms with Gasteiger partial charge in [0.05, 0.1) is 24.2 Å². The first kappa shape index (κ1) is 21.2. The summed E-state index contributed by atoms with van der Waals surface area (Å²) in [6.07, 6.45) is 7.55. The zero-order valence-electron chi connectivity index (χ0n) is 18.6. The molecule has 1 aromatic carbocycles. The van der Waals surface area contributed by atoms with Crippen LogP contribution in [0.1, 0.15) is 58.3 Å². The minimum atomic E-state index is -0.551. The van der Waals surface area contributed by atoms with Gasteiger partial charge in [0.2, 0.25) is 0 Å². The van der Waals surface area contributed by atoms with Crippen LogP contribution in [0.4, 0.5) is 4.79 Å². The van der Waals surface area contributed by atoms with E-state index in [4.69, 9.17) is 14.5 Å². The van der Waals surface area contributed by atoms with Crippen LogP contribution in [0.25, 0.3) is 22.2 Å². The number of fused-ring (bicyclic) bond motifs is 1. The van der Waals surface area contributed by atoms with E-state index in [0.717, 1.165) is 59.4 Å². The Labute approximate surface area is 182 Å². The van der Waals surface area contributed by atoms with Crippen molar-refractivity contribution in [3.63, 3.8) is 0 Å². The summed E-state index contributed by atoms with van der Waals surface area (Å²) in [5.41, 5.74) is 3.12. The SMILES string of the molecule is COc1cc2[nH]c([C@H](NC(=O)OC(C)(C)C)C3CCCC3)nc2cc1-c1ccncc1. The second-order valence-corrected chi connectivity index (χ2v) is 9.10. The lowest BCUT2D eigenvalue weighted by atomic mass is 9.97. The van der Waals surface area contributed by atoms with Crippen molar-refractivity contribution < 1.29 is 14.3 Å². The number of H-pyrrole nitrogens is 1. The first-order chi connectivity index (χ1) is 14.8. The zero-order chi connectivity index (χ0) is 22.0. The molecule has 4 rings (SSSR count). The van der Waals surface area contributed by atoms with Crippen molar-refractivity contribution in [2.75, 3.05) is 7.11 Å². The van der Waals surface area contributed by atoms with Crippen molar-refractivity contribution >= 4 is 17.1 Å². The van der Waals surface area contributed by atoms with E-state index >= 15 is 0 Å². The minimum absolute atomic E-state index is 0.222. The van der Waals surface area contributed by atoms with Crippen LogP contribution in [0.15, 0.2) is 36.7 Å². The molecule has 0 saturated heterocycles. The zero-order valence-corrected chi connectivity index (χ0v) is 18.6. The number of rotatable bonds is 5. The Morgan fingerprint density at radius 1 is 1.19 bits per heavy atom. The summed E-state index contributed by atoms with van der Waals surface area (Å²) < 4.78 is 11.2. The number of imidazole rings is 1. The number of nitrogens with one attached hydrogen (secondary N) is 2. The van der Waals surface area contributed by atoms with Gasteiger partial charge in [-0.3, -0.25) is 4.98 Å². The molecule has 2 heterocycles. The van der Waals surface area contributed by atoms with E-state index in [1.54, 1.807) is 19.5 Å². The number of hydrogen-bond donors (Lipinski definition) is 2. The van der Waals surface area contributed by atoms with Crippen LogP contribution in [-0.2, 0) is 4.74 Å². The molecule has 0 spiro atoms. The molecule has 2 N–H and O–H groups in total. The number of carbonyl (C=O) groups excluding carboxylic acids is 1. The molecule has 7 nitrogen and oxygen atoms in total. The molecule has 2 aromatic heterocycles. The van der Waals surface area contributed by atoms with Crippen molar-refractivity contribution in [3.8, 4) is 16.9 Å². The highest BCUT2D eigenvalue weighted by Gasteiger charge is 2.31. The molecule has 0 radical (unpaired) electrons. The van der Waals surface area contributed by atoms with Gasteiger partial charge < -0.3 is 19.8 Å². The fourth-order valence-corrected chi connectivity index (χ4v) is 4.26. The van der Waals surface area contributed by atoms with Gasteiger partial charge in [-0.15, -0.1) is 0 Å². The van der Waals surface area contributed by atoms with E-state index in [1.807, 2.05) is 45.0 Å². The number of hydrogen-bond acceptors (Lipinski definition) is 5. The molecule has 1 aliphatic carbocycles. The van der Waals surface area contributed by atoms with Crippen molar-refractivity contribution in [1.82, 2.24) is 20.3 Å². The molecule has 3 aromatic rings. The number of aromatic nitrogens is 3. The molecule has 1 fully saturated rings. The second kappa shape index (κ2) is 8.57. The highest BCUT2D eigenvalue weighted by molar-refractivity contribution is 5.86. The smallest absolute Gasteiger partial charge is 0.408 e. The van der Waals surface area contributed by atoms with Gasteiger partial charge in [-0.25, -0.2) is 9.78 Å². The molecule has 1 aliphatic rings. The third-order valence-electron chi connectivity index (χ3n) is 5.65. The van der Waals surface area contributed by atoms with E-state index in [9.17, 15) is 4.79 Å². The van der Waals surface area contributed by atoms with Gasteiger partial charge in [-0.2, -0.15) is 0 Å². The first-order valence-corrected chi connectivity index (χ1v) is 10.8. The summed E-state index contributed by atoms with van der Waals surface area (Å²) in [6, 6.07) is 7.65. The number of pyridine rings is 1. The number of amides is 1. The van der Waals surface area contributed by atoms with Crippen molar-refractivity contribution in [3.05, 3.63) is 42.5 Å². The molecule has 1 amide bonds. The lowest BCUT2D eigenvalue weighted by molar-refractivity contribution is 0.0482. The number of benzene rings is 1. The third kappa shape index (κ3) is 4.81. The van der Waals surface area contributed by atoms with Crippen molar-refractivity contribution in [2.24, 2.45) is 5.92 Å². The van der Waals surface area contributed by atoms with E-state index in [0.29, 0.717) is 5.92 Å². The number of carbonyl (C=O) groups is 1. The number of methoxy groups -OCH3 is 1. The molecule has 1 atom stereocenters. The minimum Gasteiger partial charge on any atom is -0.496 e. The molecule has 0 aliphatic heterocycles. The molecular weight excluding hydrogens is 392 g/mol. The van der Waals surface area contributed by atoms with Crippen LogP contribution in [0.3, 0.4) is 0 Å². The quantitative estimate of drug-likeness (QED) is 0.575. The van der Waals surface area contributed by atoms with E-state index in [1.165, 1.54) is 0 Å². The fraction of sp³-hybridized carbons (Fsp3) is 0.458. The highest BCUT2D eigenvalue weighted by atomic mass is 16.6. The average Bonchev–Trinajstić information content (AvgIpc) is 3.40. The largest absolute Gasteiger partial charge is 0.496 e. The first-order valence-electron chi connectivity index (χ1n) is 10.8. The number of nitrogens with zero attached hydrogens (tertiary/aromatic N) is 2. The summed E-state index contributed by atoms with van der Waals surface area (Å²) in [4.78, 5) is 24.9. The van der Waals surface area contributed by atoms with Gasteiger partial charge in [0.1, 0.15) is 17.2 Å². The van der Waals surface area contributed by atoms with Crippen LogP contribution < -0.4 is 10.1 Å². The number of ether oxygens (including phenoxy) is 2. The van der Waals surface area contributed by atoms with Gasteiger partial charge in [-0.05, 0) is 63.3 Å². The van der Waals surface area contributed by atoms with Crippen LogP contribution in [0, 0.1) is 5.92 Å². The lowest BCUT2D eigenvalue weighted by Gasteiger charge is -2.26. The fourth-order valence-electron chi connectivity index (χ4n) is 4.26. The van der Waals surface area contributed by atoms with Crippen LogP contribution in [-0.4, -0.2) is 33.8 Å². The summed E-state index contributed by atoms with van der Waals surface area (Å²) in [5.74, 6) is 1.84. The van der Waals surface area contributed by atoms with Crippen LogP contribution in [0.2, 0.25) is 0 Å². The predicted molar refractivity (Wildman–Crippen MR) is 120 cm³/mol. The Kier molecular flexibility index (Phi) is 5.85. The van der Waals surface area contributed by atoms with Crippen LogP contribution >= 0.6 is 0 Å². The number of aromatic amines is 1. The summed E-state index contributed by atoms with van der Waals surface area (Å²) >= 11 is 0. The third-order valence-corrected chi connectivity index (χ3v) is 5.65. The van der Waals surface area contributed by atoms with Crippen LogP contribution in [0.5, 0.6) is 5.75 Å². The Hall–Kier alpha value is -3.09. The Morgan fingerprint density at radius 3 is 2.55 bits per heavy atom. The van der Waals surface area contributed by atoms with E-state index in [-0.39, 0.29) is 6.04 Å². The number of alkyl carbamates (subject to hydrolysis) is 1. The molecular formula is C24H30N4O3. The topological polar surface area (TPSA) is 89.1 Å². The van der Waals surface area contributed by atoms with Crippen molar-refractivity contribution in [1.29, 1.82) is 0 Å². The molecule has 31 heavy (non-hydrogen) atoms. The molecule has 0 unspecified atom stereocenters. The maximum Gasteiger partial charge on any atom is 0.408 e. The van der Waals surface area contributed by atoms with Gasteiger partial charge in [0.15, 0.2) is 0 Å². The summed E-state index contributed by atoms with van der Waals surface area (Å²) in [6.45, 7) is 5.60. The van der Waals surface area contributed by atoms with Gasteiger partial charge in [0.25, 0.3) is 0 Å². The highest BCUT2D eigenvalue weighted by Crippen LogP contribution is 2.37. The normalized spacial score (nSPS) is 15.7. The Bertz CT molecular complexity index is 1050. The van der Waals surface area contributed by atoms with E-state index in [2.05, 4.69) is 15.3 Å². The Morgan fingerprint density at radius 2 is 1.90 bits per heavy atom. The van der Waals surface area contributed by atoms with Crippen molar-refractivity contribution in [2.45, 2.75) is 58.1 Å². The lowest BCUT2D eigenvalue weighted by Crippen LogP contribution is -2.37. The van der Waals surface area contributed by atoms with E-state index < -0.39 is 11.7 Å². The van der Waals surface area contributed by atoms with Gasteiger partial charge >= 0.3 is 6.09 Å². The predicted octanol–water partition coefficient (Wildman–Crippen LogP) is 5.39. The average molecular weight is 423 g/mol. The maximum absolute atomic E-state index is 12.6. The summed E-state index contributed by atoms with van der Waals surface area (Å²) in [5, 5.41) is 3.07. The standard InChI is InChI=1S/C24H30N4O3/c1-24(2,3)31-23(29)28-21(16-7-5-6-8-16)22-26-18-13-17(15-9-11-25-12-10-15)20(30-4)14-19(18)27-22/h9-14,16,21H,5-8H2,1-4H3,(H,26,27)(H,28,29)/t21-/m1/s1. The summed E-state index contributed by atoms with van der Waals surface area (Å²) in [7, 11) is 1.66. The molecule has 0 bridgehead atoms. The molecule has 164 valence electrons. The van der Waals surface area contributed by atoms with Gasteiger partial charge in [0, 0.05) is 24.0 Å². The maximum atomic E-state index is 12.6. The van der Waals surface area contributed by atoms with Gasteiger partial charge in [-0.1, -0.05) is 12.8 Å².